The molecule has 140 valence electrons. The van der Waals surface area contributed by atoms with E-state index in [-0.39, 0.29) is 19.0 Å². The topological polar surface area (TPSA) is 68.4 Å². The Hall–Kier alpha value is -2.60. The van der Waals surface area contributed by atoms with Crippen LogP contribution in [0.3, 0.4) is 0 Å². The molecule has 0 unspecified atom stereocenters. The Morgan fingerprint density at radius 2 is 1.78 bits per heavy atom. The van der Waals surface area contributed by atoms with E-state index in [1.165, 1.54) is 0 Å². The second-order valence-corrected chi connectivity index (χ2v) is 7.13. The van der Waals surface area contributed by atoms with Gasteiger partial charge in [0.15, 0.2) is 6.61 Å². The van der Waals surface area contributed by atoms with Crippen molar-refractivity contribution < 1.29 is 19.1 Å². The number of hydrogen-bond acceptors (Lipinski definition) is 4. The highest BCUT2D eigenvalue weighted by atomic mass is 79.9. The van der Waals surface area contributed by atoms with Gasteiger partial charge in [0, 0.05) is 10.2 Å². The van der Waals surface area contributed by atoms with Crippen LogP contribution < -0.4 is 4.74 Å². The number of rotatable bonds is 6. The molecule has 0 saturated heterocycles. The molecular formula is C21H20BrNO4. The highest BCUT2D eigenvalue weighted by Crippen LogP contribution is 2.25. The third-order valence-corrected chi connectivity index (χ3v) is 4.83. The van der Waals surface area contributed by atoms with E-state index >= 15 is 0 Å². The number of benzene rings is 2. The maximum Gasteiger partial charge on any atom is 0.340 e. The number of ketones is 1. The molecule has 0 aliphatic carbocycles. The summed E-state index contributed by atoms with van der Waals surface area (Å²) in [5.41, 5.74) is 1.99. The van der Waals surface area contributed by atoms with Crippen molar-refractivity contribution in [3.8, 4) is 5.75 Å². The Kier molecular flexibility index (Phi) is 5.65. The van der Waals surface area contributed by atoms with Crippen molar-refractivity contribution in [1.82, 2.24) is 4.98 Å². The van der Waals surface area contributed by atoms with Gasteiger partial charge in [-0.25, -0.2) is 4.79 Å². The van der Waals surface area contributed by atoms with E-state index < -0.39 is 5.97 Å². The number of H-pyrrole nitrogens is 1. The Morgan fingerprint density at radius 1 is 1.07 bits per heavy atom. The van der Waals surface area contributed by atoms with Gasteiger partial charge in [0.05, 0.1) is 17.9 Å². The minimum Gasteiger partial charge on any atom is -0.485 e. The van der Waals surface area contributed by atoms with E-state index in [9.17, 15) is 9.59 Å². The molecule has 0 spiro atoms. The predicted octanol–water partition coefficient (Wildman–Crippen LogP) is 4.99. The second kappa shape index (κ2) is 7.96. The van der Waals surface area contributed by atoms with Crippen LogP contribution in [0.4, 0.5) is 0 Å². The maximum atomic E-state index is 12.6. The van der Waals surface area contributed by atoms with Crippen molar-refractivity contribution in [3.05, 3.63) is 63.4 Å². The van der Waals surface area contributed by atoms with Crippen LogP contribution in [0.15, 0.2) is 40.9 Å². The quantitative estimate of drug-likeness (QED) is 0.442. The summed E-state index contributed by atoms with van der Waals surface area (Å²) < 4.78 is 11.7. The Balaban J connectivity index is 1.75. The number of aromatic nitrogens is 1. The lowest BCUT2D eigenvalue weighted by molar-refractivity contribution is 0.0525. The summed E-state index contributed by atoms with van der Waals surface area (Å²) in [4.78, 5) is 27.6. The molecular weight excluding hydrogens is 410 g/mol. The third kappa shape index (κ3) is 4.06. The van der Waals surface area contributed by atoms with E-state index in [4.69, 9.17) is 9.47 Å². The molecule has 1 aromatic heterocycles. The number of aromatic amines is 1. The molecule has 3 aromatic rings. The van der Waals surface area contributed by atoms with E-state index in [1.54, 1.807) is 20.8 Å². The Bertz CT molecular complexity index is 1020. The largest absolute Gasteiger partial charge is 0.485 e. The molecule has 0 radical (unpaired) electrons. The number of aryl methyl sites for hydroxylation is 1. The minimum absolute atomic E-state index is 0.120. The summed E-state index contributed by atoms with van der Waals surface area (Å²) in [5.74, 6) is -0.0313. The summed E-state index contributed by atoms with van der Waals surface area (Å²) in [5, 5.41) is 2.11. The van der Waals surface area contributed by atoms with Crippen LogP contribution in [0, 0.1) is 13.8 Å². The molecule has 5 nitrogen and oxygen atoms in total. The molecule has 0 amide bonds. The van der Waals surface area contributed by atoms with Crippen molar-refractivity contribution in [2.75, 3.05) is 13.2 Å². The van der Waals surface area contributed by atoms with Gasteiger partial charge in [-0.3, -0.25) is 4.79 Å². The zero-order valence-corrected chi connectivity index (χ0v) is 17.0. The number of carbonyl (C=O) groups is 2. The summed E-state index contributed by atoms with van der Waals surface area (Å²) in [6.45, 7) is 5.39. The van der Waals surface area contributed by atoms with Gasteiger partial charge >= 0.3 is 5.97 Å². The third-order valence-electron chi connectivity index (χ3n) is 4.34. The van der Waals surface area contributed by atoms with Crippen LogP contribution in [0.1, 0.15) is 39.0 Å². The fourth-order valence-electron chi connectivity index (χ4n) is 3.04. The van der Waals surface area contributed by atoms with Crippen molar-refractivity contribution in [2.45, 2.75) is 20.8 Å². The van der Waals surface area contributed by atoms with E-state index in [2.05, 4.69) is 20.9 Å². The lowest BCUT2D eigenvalue weighted by Crippen LogP contribution is -2.13. The fourth-order valence-corrected chi connectivity index (χ4v) is 3.42. The SMILES string of the molecule is CCOC(=O)c1c(C)[nH]c(C(=O)COc2ccc3cc(Br)ccc3c2)c1C. The van der Waals surface area contributed by atoms with Gasteiger partial charge < -0.3 is 14.5 Å². The number of ether oxygens (including phenoxy) is 2. The van der Waals surface area contributed by atoms with Gasteiger partial charge in [0.1, 0.15) is 5.75 Å². The molecule has 0 aliphatic rings. The highest BCUT2D eigenvalue weighted by molar-refractivity contribution is 9.10. The maximum absolute atomic E-state index is 12.6. The first kappa shape index (κ1) is 19.2. The van der Waals surface area contributed by atoms with E-state index in [0.717, 1.165) is 15.2 Å². The molecule has 27 heavy (non-hydrogen) atoms. The minimum atomic E-state index is -0.426. The Morgan fingerprint density at radius 3 is 2.52 bits per heavy atom. The van der Waals surface area contributed by atoms with Crippen LogP contribution in [-0.4, -0.2) is 30.0 Å². The molecule has 0 bridgehead atoms. The van der Waals surface area contributed by atoms with Crippen molar-refractivity contribution in [3.63, 3.8) is 0 Å². The van der Waals surface area contributed by atoms with Crippen LogP contribution in [0.25, 0.3) is 10.8 Å². The predicted molar refractivity (Wildman–Crippen MR) is 108 cm³/mol. The first-order chi connectivity index (χ1) is 12.9. The molecule has 0 atom stereocenters. The molecule has 2 aromatic carbocycles. The van der Waals surface area contributed by atoms with Gasteiger partial charge in [-0.15, -0.1) is 0 Å². The number of fused-ring (bicyclic) bond motifs is 1. The number of hydrogen-bond donors (Lipinski definition) is 1. The molecule has 6 heteroatoms. The van der Waals surface area contributed by atoms with Gasteiger partial charge in [0.25, 0.3) is 0 Å². The second-order valence-electron chi connectivity index (χ2n) is 6.21. The van der Waals surface area contributed by atoms with Crippen LogP contribution in [0.5, 0.6) is 5.75 Å². The highest BCUT2D eigenvalue weighted by Gasteiger charge is 2.23. The summed E-state index contributed by atoms with van der Waals surface area (Å²) in [7, 11) is 0. The van der Waals surface area contributed by atoms with Crippen LogP contribution in [0.2, 0.25) is 0 Å². The fraction of sp³-hybridized carbons (Fsp3) is 0.238. The van der Waals surface area contributed by atoms with Crippen molar-refractivity contribution in [1.29, 1.82) is 0 Å². The standard InChI is InChI=1S/C21H20BrNO4/c1-4-26-21(25)19-12(2)20(23-13(19)3)18(24)11-27-17-8-6-14-9-16(22)7-5-15(14)10-17/h5-10,23H,4,11H2,1-3H3. The number of halogens is 1. The smallest absolute Gasteiger partial charge is 0.340 e. The number of nitrogens with one attached hydrogen (secondary N) is 1. The number of Topliss-reactive ketones (excluding diaryl/α,β-unsaturated/α-hetero) is 1. The molecule has 0 fully saturated rings. The first-order valence-corrected chi connectivity index (χ1v) is 9.41. The zero-order chi connectivity index (χ0) is 19.6. The molecule has 1 N–H and O–H groups in total. The number of esters is 1. The Labute approximate surface area is 165 Å². The van der Waals surface area contributed by atoms with Gasteiger partial charge in [-0.2, -0.15) is 0 Å². The lowest BCUT2D eigenvalue weighted by atomic mass is 10.1. The zero-order valence-electron chi connectivity index (χ0n) is 15.4. The average molecular weight is 430 g/mol. The van der Waals surface area contributed by atoms with Crippen molar-refractivity contribution in [2.24, 2.45) is 0 Å². The van der Waals surface area contributed by atoms with Gasteiger partial charge in [-0.05, 0) is 61.4 Å². The molecule has 0 saturated carbocycles. The molecule has 1 heterocycles. The molecule has 3 rings (SSSR count). The lowest BCUT2D eigenvalue weighted by Gasteiger charge is -2.07. The first-order valence-electron chi connectivity index (χ1n) is 8.62. The molecule has 0 aliphatic heterocycles. The van der Waals surface area contributed by atoms with Gasteiger partial charge in [-0.1, -0.05) is 28.1 Å². The van der Waals surface area contributed by atoms with Crippen molar-refractivity contribution >= 4 is 38.5 Å². The van der Waals surface area contributed by atoms with E-state index in [1.807, 2.05) is 36.4 Å². The summed E-state index contributed by atoms with van der Waals surface area (Å²) >= 11 is 3.45. The summed E-state index contributed by atoms with van der Waals surface area (Å²) in [6, 6.07) is 11.6. The average Bonchev–Trinajstić information content (AvgIpc) is 2.94. The summed E-state index contributed by atoms with van der Waals surface area (Å²) in [6.07, 6.45) is 0. The normalized spacial score (nSPS) is 10.8. The van der Waals surface area contributed by atoms with Gasteiger partial charge in [0.2, 0.25) is 5.78 Å². The van der Waals surface area contributed by atoms with Crippen LogP contribution >= 0.6 is 15.9 Å². The number of carbonyl (C=O) groups excluding carboxylic acids is 2. The monoisotopic (exact) mass is 429 g/mol. The van der Waals surface area contributed by atoms with Crippen LogP contribution in [-0.2, 0) is 4.74 Å². The van der Waals surface area contributed by atoms with E-state index in [0.29, 0.717) is 28.3 Å².